The molecule has 4 rings (SSSR count). The number of aryl methyl sites for hydroxylation is 1. The monoisotopic (exact) mass is 374 g/mol. The van der Waals surface area contributed by atoms with Gasteiger partial charge in [0.2, 0.25) is 0 Å². The van der Waals surface area contributed by atoms with Gasteiger partial charge in [0.25, 0.3) is 5.91 Å². The Morgan fingerprint density at radius 1 is 1.00 bits per heavy atom. The quantitative estimate of drug-likeness (QED) is 0.732. The molecule has 0 saturated heterocycles. The van der Waals surface area contributed by atoms with Crippen LogP contribution in [0.1, 0.15) is 58.8 Å². The predicted octanol–water partition coefficient (Wildman–Crippen LogP) is 4.09. The van der Waals surface area contributed by atoms with E-state index in [0.717, 1.165) is 43.2 Å². The highest BCUT2D eigenvalue weighted by atomic mass is 16.1. The van der Waals surface area contributed by atoms with Crippen LogP contribution in [0.2, 0.25) is 0 Å². The maximum atomic E-state index is 13.0. The highest BCUT2D eigenvalue weighted by Crippen LogP contribution is 2.28. The number of carbonyl (C=O) groups excluding carboxylic acids is 1. The molecule has 28 heavy (non-hydrogen) atoms. The Morgan fingerprint density at radius 2 is 1.68 bits per heavy atom. The van der Waals surface area contributed by atoms with E-state index >= 15 is 0 Å². The standard InChI is InChI=1S/C23H26N4O/c1-17-6-8-18(9-7-17)14-19-4-2-3-5-22(19)23(28)26-20-10-12-21(13-11-20)27-15-24-25-16-27/h2-9,15-16,20-21H,10-14H2,1H3,(H,26,28). The zero-order chi connectivity index (χ0) is 19.3. The number of carbonyl (C=O) groups is 1. The Labute approximate surface area is 165 Å². The number of nitrogens with one attached hydrogen (secondary N) is 1. The minimum Gasteiger partial charge on any atom is -0.349 e. The van der Waals surface area contributed by atoms with Crippen molar-refractivity contribution < 1.29 is 4.79 Å². The van der Waals surface area contributed by atoms with Crippen LogP contribution in [-0.4, -0.2) is 26.7 Å². The summed E-state index contributed by atoms with van der Waals surface area (Å²) in [5, 5.41) is 11.0. The van der Waals surface area contributed by atoms with Gasteiger partial charge in [0.15, 0.2) is 0 Å². The molecule has 2 aromatic carbocycles. The zero-order valence-corrected chi connectivity index (χ0v) is 16.2. The molecule has 5 nitrogen and oxygen atoms in total. The summed E-state index contributed by atoms with van der Waals surface area (Å²) >= 11 is 0. The molecule has 1 aliphatic carbocycles. The number of rotatable bonds is 5. The van der Waals surface area contributed by atoms with E-state index in [-0.39, 0.29) is 11.9 Å². The minimum absolute atomic E-state index is 0.0375. The summed E-state index contributed by atoms with van der Waals surface area (Å²) in [6.45, 7) is 2.09. The Morgan fingerprint density at radius 3 is 2.39 bits per heavy atom. The summed E-state index contributed by atoms with van der Waals surface area (Å²) in [5.74, 6) is 0.0375. The van der Waals surface area contributed by atoms with Crippen molar-refractivity contribution in [3.8, 4) is 0 Å². The van der Waals surface area contributed by atoms with Gasteiger partial charge in [-0.15, -0.1) is 10.2 Å². The molecule has 1 aliphatic rings. The Bertz CT molecular complexity index is 910. The first-order valence-electron chi connectivity index (χ1n) is 9.97. The number of aromatic nitrogens is 3. The largest absolute Gasteiger partial charge is 0.349 e. The van der Waals surface area contributed by atoms with Crippen LogP contribution in [0.25, 0.3) is 0 Å². The molecule has 0 aliphatic heterocycles. The summed E-state index contributed by atoms with van der Waals surface area (Å²) in [5.41, 5.74) is 4.32. The molecule has 0 bridgehead atoms. The third-order valence-electron chi connectivity index (χ3n) is 5.67. The molecular formula is C23H26N4O. The molecule has 1 N–H and O–H groups in total. The van der Waals surface area contributed by atoms with Crippen molar-refractivity contribution in [2.45, 2.75) is 51.1 Å². The van der Waals surface area contributed by atoms with Gasteiger partial charge in [0.05, 0.1) is 0 Å². The van der Waals surface area contributed by atoms with Gasteiger partial charge in [-0.1, -0.05) is 48.0 Å². The van der Waals surface area contributed by atoms with Crippen molar-refractivity contribution in [3.05, 3.63) is 83.4 Å². The van der Waals surface area contributed by atoms with Crippen LogP contribution in [0.15, 0.2) is 61.2 Å². The van der Waals surface area contributed by atoms with E-state index in [1.54, 1.807) is 12.7 Å². The van der Waals surface area contributed by atoms with Crippen LogP contribution in [0.4, 0.5) is 0 Å². The van der Waals surface area contributed by atoms with Crippen molar-refractivity contribution in [1.29, 1.82) is 0 Å². The van der Waals surface area contributed by atoms with Crippen LogP contribution < -0.4 is 5.32 Å². The van der Waals surface area contributed by atoms with Crippen LogP contribution in [0.5, 0.6) is 0 Å². The second-order valence-corrected chi connectivity index (χ2v) is 7.71. The molecule has 0 spiro atoms. The second-order valence-electron chi connectivity index (χ2n) is 7.71. The summed E-state index contributed by atoms with van der Waals surface area (Å²) < 4.78 is 2.08. The van der Waals surface area contributed by atoms with Crippen molar-refractivity contribution in [3.63, 3.8) is 0 Å². The Hall–Kier alpha value is -2.95. The summed E-state index contributed by atoms with van der Waals surface area (Å²) in [6.07, 6.45) is 8.37. The van der Waals surface area contributed by atoms with Crippen molar-refractivity contribution in [1.82, 2.24) is 20.1 Å². The number of hydrogen-bond donors (Lipinski definition) is 1. The third-order valence-corrected chi connectivity index (χ3v) is 5.67. The fourth-order valence-corrected chi connectivity index (χ4v) is 4.00. The van der Waals surface area contributed by atoms with Gasteiger partial charge in [-0.05, 0) is 56.2 Å². The molecule has 0 atom stereocenters. The average Bonchev–Trinajstić information content (AvgIpc) is 3.25. The van der Waals surface area contributed by atoms with Crippen LogP contribution in [0.3, 0.4) is 0 Å². The fourth-order valence-electron chi connectivity index (χ4n) is 4.00. The average molecular weight is 374 g/mol. The van der Waals surface area contributed by atoms with Crippen LogP contribution >= 0.6 is 0 Å². The topological polar surface area (TPSA) is 59.8 Å². The zero-order valence-electron chi connectivity index (χ0n) is 16.2. The predicted molar refractivity (Wildman–Crippen MR) is 109 cm³/mol. The van der Waals surface area contributed by atoms with E-state index in [9.17, 15) is 4.79 Å². The van der Waals surface area contributed by atoms with Crippen LogP contribution in [-0.2, 0) is 6.42 Å². The maximum absolute atomic E-state index is 13.0. The van der Waals surface area contributed by atoms with Gasteiger partial charge in [-0.25, -0.2) is 0 Å². The molecule has 1 fully saturated rings. The molecule has 5 heteroatoms. The first kappa shape index (κ1) is 18.4. The first-order valence-corrected chi connectivity index (χ1v) is 9.97. The van der Waals surface area contributed by atoms with Gasteiger partial charge in [0.1, 0.15) is 12.7 Å². The number of amides is 1. The van der Waals surface area contributed by atoms with Gasteiger partial charge in [-0.2, -0.15) is 0 Å². The summed E-state index contributed by atoms with van der Waals surface area (Å²) in [4.78, 5) is 13.0. The maximum Gasteiger partial charge on any atom is 0.251 e. The van der Waals surface area contributed by atoms with E-state index in [2.05, 4.69) is 57.3 Å². The molecule has 0 radical (unpaired) electrons. The number of hydrogen-bond acceptors (Lipinski definition) is 3. The summed E-state index contributed by atoms with van der Waals surface area (Å²) in [7, 11) is 0. The molecule has 1 saturated carbocycles. The summed E-state index contributed by atoms with van der Waals surface area (Å²) in [6, 6.07) is 17.1. The SMILES string of the molecule is Cc1ccc(Cc2ccccc2C(=O)NC2CCC(n3cnnc3)CC2)cc1. The molecular weight excluding hydrogens is 348 g/mol. The molecule has 3 aromatic rings. The lowest BCUT2D eigenvalue weighted by Gasteiger charge is -2.29. The molecule has 144 valence electrons. The van der Waals surface area contributed by atoms with Gasteiger partial charge in [-0.3, -0.25) is 4.79 Å². The van der Waals surface area contributed by atoms with E-state index in [4.69, 9.17) is 0 Å². The van der Waals surface area contributed by atoms with Gasteiger partial charge in [0, 0.05) is 17.6 Å². The molecule has 0 unspecified atom stereocenters. The lowest BCUT2D eigenvalue weighted by atomic mass is 9.90. The first-order chi connectivity index (χ1) is 13.7. The van der Waals surface area contributed by atoms with Crippen LogP contribution in [0, 0.1) is 6.92 Å². The highest BCUT2D eigenvalue weighted by molar-refractivity contribution is 5.96. The minimum atomic E-state index is 0.0375. The molecule has 1 heterocycles. The van der Waals surface area contributed by atoms with E-state index < -0.39 is 0 Å². The Balaban J connectivity index is 1.39. The third kappa shape index (κ3) is 4.30. The molecule has 1 aromatic heterocycles. The fraction of sp³-hybridized carbons (Fsp3) is 0.348. The van der Waals surface area contributed by atoms with E-state index in [1.807, 2.05) is 18.2 Å². The van der Waals surface area contributed by atoms with Crippen molar-refractivity contribution in [2.24, 2.45) is 0 Å². The van der Waals surface area contributed by atoms with Crippen molar-refractivity contribution in [2.75, 3.05) is 0 Å². The number of nitrogens with zero attached hydrogens (tertiary/aromatic N) is 3. The van der Waals surface area contributed by atoms with E-state index in [0.29, 0.717) is 6.04 Å². The Kier molecular flexibility index (Phi) is 5.51. The van der Waals surface area contributed by atoms with Gasteiger partial charge >= 0.3 is 0 Å². The van der Waals surface area contributed by atoms with Crippen molar-refractivity contribution >= 4 is 5.91 Å². The normalized spacial score (nSPS) is 19.3. The van der Waals surface area contributed by atoms with Gasteiger partial charge < -0.3 is 9.88 Å². The smallest absolute Gasteiger partial charge is 0.251 e. The highest BCUT2D eigenvalue weighted by Gasteiger charge is 2.24. The molecule has 1 amide bonds. The second kappa shape index (κ2) is 8.38. The lowest BCUT2D eigenvalue weighted by molar-refractivity contribution is 0.0921. The number of benzene rings is 2. The lowest BCUT2D eigenvalue weighted by Crippen LogP contribution is -2.38. The van der Waals surface area contributed by atoms with E-state index in [1.165, 1.54) is 11.1 Å².